The lowest BCUT2D eigenvalue weighted by Crippen LogP contribution is -2.54. The van der Waals surface area contributed by atoms with E-state index in [0.29, 0.717) is 17.9 Å². The normalized spacial score (nSPS) is 23.9. The summed E-state index contributed by atoms with van der Waals surface area (Å²) in [5.74, 6) is -0.160. The van der Waals surface area contributed by atoms with Gasteiger partial charge < -0.3 is 10.2 Å². The van der Waals surface area contributed by atoms with Crippen LogP contribution in [0.5, 0.6) is 0 Å². The largest absolute Gasteiger partial charge is 0.345 e. The fourth-order valence-corrected chi connectivity index (χ4v) is 4.63. The SMILES string of the molecule is CS/C=C/C(=O)N[C@]12CCC[C@H]1N(C(=O)c1cc(-c3ccccn3)n[nH]1)CC2. The quantitative estimate of drug-likeness (QED) is 0.757. The molecule has 2 aliphatic rings. The van der Waals surface area contributed by atoms with Gasteiger partial charge in [-0.2, -0.15) is 5.10 Å². The van der Waals surface area contributed by atoms with Gasteiger partial charge >= 0.3 is 0 Å². The molecule has 1 saturated carbocycles. The Morgan fingerprint density at radius 3 is 3.04 bits per heavy atom. The minimum absolute atomic E-state index is 0.0215. The summed E-state index contributed by atoms with van der Waals surface area (Å²) in [6, 6.07) is 7.36. The second-order valence-corrected chi connectivity index (χ2v) is 7.97. The van der Waals surface area contributed by atoms with E-state index in [1.54, 1.807) is 23.7 Å². The predicted molar refractivity (Wildman–Crippen MR) is 109 cm³/mol. The lowest BCUT2D eigenvalue weighted by atomic mass is 9.93. The molecular weight excluding hydrogens is 374 g/mol. The van der Waals surface area contributed by atoms with Gasteiger partial charge in [-0.25, -0.2) is 0 Å². The van der Waals surface area contributed by atoms with Crippen molar-refractivity contribution in [1.29, 1.82) is 0 Å². The van der Waals surface area contributed by atoms with Crippen molar-refractivity contribution in [1.82, 2.24) is 25.4 Å². The van der Waals surface area contributed by atoms with E-state index >= 15 is 0 Å². The van der Waals surface area contributed by atoms with E-state index in [4.69, 9.17) is 0 Å². The molecule has 1 aliphatic heterocycles. The maximum absolute atomic E-state index is 13.1. The highest BCUT2D eigenvalue weighted by Crippen LogP contribution is 2.42. The number of amides is 2. The van der Waals surface area contributed by atoms with E-state index < -0.39 is 0 Å². The molecule has 7 nitrogen and oxygen atoms in total. The molecule has 3 heterocycles. The van der Waals surface area contributed by atoms with Gasteiger partial charge in [0.15, 0.2) is 0 Å². The molecular formula is C20H23N5O2S. The third kappa shape index (κ3) is 3.44. The number of nitrogens with one attached hydrogen (secondary N) is 2. The van der Waals surface area contributed by atoms with Crippen LogP contribution in [0.4, 0.5) is 0 Å². The number of thioether (sulfide) groups is 1. The monoisotopic (exact) mass is 397 g/mol. The fourth-order valence-electron chi connectivity index (χ4n) is 4.38. The molecule has 2 N–H and O–H groups in total. The van der Waals surface area contributed by atoms with E-state index in [-0.39, 0.29) is 23.4 Å². The number of nitrogens with zero attached hydrogens (tertiary/aromatic N) is 3. The van der Waals surface area contributed by atoms with Crippen molar-refractivity contribution < 1.29 is 9.59 Å². The molecule has 0 bridgehead atoms. The van der Waals surface area contributed by atoms with Crippen LogP contribution >= 0.6 is 11.8 Å². The van der Waals surface area contributed by atoms with Gasteiger partial charge in [0, 0.05) is 18.8 Å². The van der Waals surface area contributed by atoms with E-state index in [2.05, 4.69) is 20.5 Å². The van der Waals surface area contributed by atoms with Crippen molar-refractivity contribution >= 4 is 23.6 Å². The Bertz CT molecular complexity index is 897. The van der Waals surface area contributed by atoms with Crippen molar-refractivity contribution in [3.05, 3.63) is 47.6 Å². The molecule has 1 aliphatic carbocycles. The molecule has 0 spiro atoms. The van der Waals surface area contributed by atoms with Crippen LogP contribution in [0.15, 0.2) is 41.9 Å². The molecule has 28 heavy (non-hydrogen) atoms. The number of carbonyl (C=O) groups excluding carboxylic acids is 2. The second kappa shape index (κ2) is 7.79. The van der Waals surface area contributed by atoms with Crippen LogP contribution in [0.3, 0.4) is 0 Å². The predicted octanol–water partition coefficient (Wildman–Crippen LogP) is 2.60. The number of aromatic nitrogens is 3. The van der Waals surface area contributed by atoms with Crippen molar-refractivity contribution in [3.63, 3.8) is 0 Å². The van der Waals surface area contributed by atoms with Crippen LogP contribution in [-0.4, -0.2) is 56.3 Å². The van der Waals surface area contributed by atoms with Gasteiger partial charge in [0.1, 0.15) is 11.4 Å². The third-order valence-electron chi connectivity index (χ3n) is 5.64. The maximum atomic E-state index is 13.1. The van der Waals surface area contributed by atoms with Crippen LogP contribution in [0.1, 0.15) is 36.2 Å². The Hall–Kier alpha value is -2.61. The van der Waals surface area contributed by atoms with Crippen LogP contribution in [0.25, 0.3) is 11.4 Å². The van der Waals surface area contributed by atoms with E-state index in [9.17, 15) is 9.59 Å². The highest BCUT2D eigenvalue weighted by molar-refractivity contribution is 8.01. The average Bonchev–Trinajstić information content (AvgIpc) is 3.41. The maximum Gasteiger partial charge on any atom is 0.272 e. The van der Waals surface area contributed by atoms with Gasteiger partial charge in [0.05, 0.1) is 17.3 Å². The number of hydrogen-bond donors (Lipinski definition) is 2. The highest BCUT2D eigenvalue weighted by Gasteiger charge is 2.52. The first-order chi connectivity index (χ1) is 13.6. The number of hydrogen-bond acceptors (Lipinski definition) is 5. The van der Waals surface area contributed by atoms with Crippen molar-refractivity contribution in [3.8, 4) is 11.4 Å². The molecule has 8 heteroatoms. The summed E-state index contributed by atoms with van der Waals surface area (Å²) in [7, 11) is 0. The minimum Gasteiger partial charge on any atom is -0.345 e. The lowest BCUT2D eigenvalue weighted by molar-refractivity contribution is -0.118. The van der Waals surface area contributed by atoms with Crippen LogP contribution in [0.2, 0.25) is 0 Å². The zero-order valence-electron chi connectivity index (χ0n) is 15.7. The number of fused-ring (bicyclic) bond motifs is 1. The molecule has 0 radical (unpaired) electrons. The summed E-state index contributed by atoms with van der Waals surface area (Å²) in [4.78, 5) is 31.6. The molecule has 1 saturated heterocycles. The van der Waals surface area contributed by atoms with Gasteiger partial charge in [0.25, 0.3) is 5.91 Å². The third-order valence-corrected chi connectivity index (χ3v) is 6.05. The number of pyridine rings is 1. The number of aromatic amines is 1. The number of rotatable bonds is 5. The lowest BCUT2D eigenvalue weighted by Gasteiger charge is -2.32. The Balaban J connectivity index is 1.51. The Kier molecular flexibility index (Phi) is 5.21. The standard InChI is InChI=1S/C20H23N5O2S/c1-28-12-7-18(26)22-20-8-4-6-17(20)25(11-9-20)19(27)16-13-15(23-24-16)14-5-2-3-10-21-14/h2-3,5,7,10,12-13,17H,4,6,8-9,11H2,1H3,(H,22,26)(H,23,24)/b12-7+/t17-,20+/m1/s1. The van der Waals surface area contributed by atoms with Gasteiger partial charge in [-0.05, 0) is 55.5 Å². The number of H-pyrrole nitrogens is 1. The van der Waals surface area contributed by atoms with Gasteiger partial charge in [0.2, 0.25) is 5.91 Å². The summed E-state index contributed by atoms with van der Waals surface area (Å²) in [5.41, 5.74) is 1.51. The zero-order chi connectivity index (χ0) is 19.6. The van der Waals surface area contributed by atoms with E-state index in [0.717, 1.165) is 31.4 Å². The molecule has 2 amide bonds. The molecule has 0 unspecified atom stereocenters. The fraction of sp³-hybridized carbons (Fsp3) is 0.400. The minimum atomic E-state index is -0.320. The number of likely N-dealkylation sites (tertiary alicyclic amines) is 1. The van der Waals surface area contributed by atoms with Gasteiger partial charge in [-0.15, -0.1) is 11.8 Å². The zero-order valence-corrected chi connectivity index (χ0v) is 16.5. The van der Waals surface area contributed by atoms with Crippen molar-refractivity contribution in [2.24, 2.45) is 0 Å². The summed E-state index contributed by atoms with van der Waals surface area (Å²) in [5, 5.41) is 12.1. The molecule has 2 fully saturated rings. The Morgan fingerprint density at radius 2 is 2.25 bits per heavy atom. The molecule has 0 aromatic carbocycles. The van der Waals surface area contributed by atoms with Crippen LogP contribution in [-0.2, 0) is 4.79 Å². The first-order valence-electron chi connectivity index (χ1n) is 9.42. The summed E-state index contributed by atoms with van der Waals surface area (Å²) in [6.45, 7) is 0.633. The topological polar surface area (TPSA) is 91.0 Å². The molecule has 2 atom stereocenters. The Labute approximate surface area is 168 Å². The first kappa shape index (κ1) is 18.7. The number of carbonyl (C=O) groups is 2. The first-order valence-corrected chi connectivity index (χ1v) is 10.7. The molecule has 2 aromatic rings. The van der Waals surface area contributed by atoms with Crippen LogP contribution < -0.4 is 5.32 Å². The second-order valence-electron chi connectivity index (χ2n) is 7.22. The van der Waals surface area contributed by atoms with Gasteiger partial charge in [-0.1, -0.05) is 6.07 Å². The summed E-state index contributed by atoms with van der Waals surface area (Å²) >= 11 is 1.49. The highest BCUT2D eigenvalue weighted by atomic mass is 32.2. The average molecular weight is 398 g/mol. The molecule has 146 valence electrons. The van der Waals surface area contributed by atoms with Gasteiger partial charge in [-0.3, -0.25) is 19.7 Å². The smallest absolute Gasteiger partial charge is 0.272 e. The van der Waals surface area contributed by atoms with Crippen LogP contribution in [0, 0.1) is 0 Å². The molecule has 2 aromatic heterocycles. The van der Waals surface area contributed by atoms with Crippen molar-refractivity contribution in [2.75, 3.05) is 12.8 Å². The Morgan fingerprint density at radius 1 is 1.36 bits per heavy atom. The van der Waals surface area contributed by atoms with E-state index in [1.165, 1.54) is 11.8 Å². The van der Waals surface area contributed by atoms with E-state index in [1.807, 2.05) is 29.4 Å². The summed E-state index contributed by atoms with van der Waals surface area (Å²) < 4.78 is 0. The van der Waals surface area contributed by atoms with Crippen molar-refractivity contribution in [2.45, 2.75) is 37.3 Å². The molecule has 4 rings (SSSR count). The summed E-state index contributed by atoms with van der Waals surface area (Å²) in [6.07, 6.45) is 8.77.